The summed E-state index contributed by atoms with van der Waals surface area (Å²) in [4.78, 5) is 3.71. The lowest BCUT2D eigenvalue weighted by Crippen LogP contribution is -2.41. The van der Waals surface area contributed by atoms with Crippen molar-refractivity contribution in [1.82, 2.24) is 4.98 Å². The number of aromatic amines is 1. The molecule has 2 unspecified atom stereocenters. The van der Waals surface area contributed by atoms with Crippen LogP contribution in [0.5, 0.6) is 0 Å². The van der Waals surface area contributed by atoms with Crippen molar-refractivity contribution in [1.29, 1.82) is 0 Å². The second-order valence-electron chi connectivity index (χ2n) is 12.6. The molecule has 0 saturated heterocycles. The highest BCUT2D eigenvalue weighted by atomic mass is 15.1. The summed E-state index contributed by atoms with van der Waals surface area (Å²) in [6, 6.07) is 0.622. The minimum atomic E-state index is 0.622. The smallest absolute Gasteiger partial charge is 0.247 e. The van der Waals surface area contributed by atoms with Crippen LogP contribution in [0.25, 0.3) is 0 Å². The number of nitrogens with zero attached hydrogens (tertiary/aromatic N) is 1. The first-order chi connectivity index (χ1) is 18.7. The molecule has 0 spiro atoms. The number of rotatable bonds is 29. The lowest BCUT2D eigenvalue weighted by Gasteiger charge is -2.17. The second-order valence-corrected chi connectivity index (χ2v) is 12.6. The fourth-order valence-corrected chi connectivity index (χ4v) is 6.25. The predicted octanol–water partition coefficient (Wildman–Crippen LogP) is 12.5. The third-order valence-corrected chi connectivity index (χ3v) is 8.89. The molecule has 2 atom stereocenters. The van der Waals surface area contributed by atoms with E-state index in [0.29, 0.717) is 12.0 Å². The van der Waals surface area contributed by atoms with E-state index in [1.54, 1.807) is 0 Å². The van der Waals surface area contributed by atoms with E-state index in [2.05, 4.69) is 49.6 Å². The average molecular weight is 532 g/mol. The van der Waals surface area contributed by atoms with Crippen molar-refractivity contribution < 1.29 is 4.57 Å². The van der Waals surface area contributed by atoms with Gasteiger partial charge >= 0.3 is 0 Å². The van der Waals surface area contributed by atoms with Crippen molar-refractivity contribution in [3.05, 3.63) is 18.2 Å². The summed E-state index contributed by atoms with van der Waals surface area (Å²) in [5.74, 6) is 2.24. The molecule has 0 amide bonds. The first kappa shape index (κ1) is 35.2. The first-order valence-electron chi connectivity index (χ1n) is 17.8. The molecule has 0 radical (unpaired) electrons. The maximum absolute atomic E-state index is 3.71. The highest BCUT2D eigenvalue weighted by Gasteiger charge is 2.25. The number of H-pyrrole nitrogens is 1. The van der Waals surface area contributed by atoms with Crippen molar-refractivity contribution in [2.45, 2.75) is 213 Å². The highest BCUT2D eigenvalue weighted by molar-refractivity contribution is 4.90. The number of hydrogen-bond donors (Lipinski definition) is 1. The van der Waals surface area contributed by atoms with E-state index in [4.69, 9.17) is 0 Å². The van der Waals surface area contributed by atoms with Gasteiger partial charge in [-0.2, -0.15) is 0 Å². The zero-order valence-corrected chi connectivity index (χ0v) is 26.8. The van der Waals surface area contributed by atoms with Crippen molar-refractivity contribution in [2.75, 3.05) is 0 Å². The van der Waals surface area contributed by atoms with Gasteiger partial charge in [0, 0.05) is 0 Å². The molecule has 0 aliphatic carbocycles. The Balaban J connectivity index is 2.36. The van der Waals surface area contributed by atoms with Gasteiger partial charge in [0.2, 0.25) is 0 Å². The minimum Gasteiger partial charge on any atom is -0.247 e. The summed E-state index contributed by atoms with van der Waals surface area (Å²) in [6.45, 7) is 9.40. The van der Waals surface area contributed by atoms with Crippen LogP contribution in [-0.2, 0) is 0 Å². The molecule has 2 nitrogen and oxygen atoms in total. The maximum atomic E-state index is 3.71. The van der Waals surface area contributed by atoms with E-state index in [0.717, 1.165) is 0 Å². The standard InChI is InChI=1S/C36H70N2/c1-5-8-11-14-16-18-19-20-21-23-25-28-31-35(30-27-13-10-7-3)36-37-32-33-38(36)34(4)29-26-24-22-17-15-12-9-6-2/h32-35H,5-31H2,1-4H3/p+1. The van der Waals surface area contributed by atoms with Gasteiger partial charge in [0.1, 0.15) is 12.4 Å². The molecule has 2 heteroatoms. The molecule has 0 saturated carbocycles. The molecule has 0 bridgehead atoms. The van der Waals surface area contributed by atoms with Crippen LogP contribution in [-0.4, -0.2) is 4.98 Å². The molecular weight excluding hydrogens is 460 g/mol. The summed E-state index contributed by atoms with van der Waals surface area (Å²) in [5, 5.41) is 0. The van der Waals surface area contributed by atoms with Gasteiger partial charge in [0.15, 0.2) is 0 Å². The third kappa shape index (κ3) is 18.5. The molecule has 0 aliphatic heterocycles. The molecule has 224 valence electrons. The van der Waals surface area contributed by atoms with Gasteiger partial charge in [-0.1, -0.05) is 168 Å². The van der Waals surface area contributed by atoms with Gasteiger partial charge in [-0.05, 0) is 32.6 Å². The van der Waals surface area contributed by atoms with Crippen LogP contribution in [0.2, 0.25) is 0 Å². The van der Waals surface area contributed by atoms with E-state index in [9.17, 15) is 0 Å². The van der Waals surface area contributed by atoms with E-state index >= 15 is 0 Å². The van der Waals surface area contributed by atoms with Gasteiger partial charge in [-0.25, -0.2) is 9.55 Å². The topological polar surface area (TPSA) is 19.7 Å². The number of unbranched alkanes of at least 4 members (excludes halogenated alkanes) is 21. The predicted molar refractivity (Wildman–Crippen MR) is 170 cm³/mol. The van der Waals surface area contributed by atoms with Crippen molar-refractivity contribution in [3.63, 3.8) is 0 Å². The Kier molecular flexibility index (Phi) is 24.5. The Morgan fingerprint density at radius 2 is 0.842 bits per heavy atom. The average Bonchev–Trinajstić information content (AvgIpc) is 3.42. The normalized spacial score (nSPS) is 13.3. The lowest BCUT2D eigenvalue weighted by atomic mass is 9.93. The van der Waals surface area contributed by atoms with Crippen LogP contribution in [0.15, 0.2) is 12.4 Å². The fourth-order valence-electron chi connectivity index (χ4n) is 6.25. The maximum Gasteiger partial charge on any atom is 0.257 e. The SMILES string of the molecule is CCCCCCCCCCCCCCC(CCCCCC)c1[nH]cc[n+]1C(C)CCCCCCCCCC. The van der Waals surface area contributed by atoms with Gasteiger partial charge < -0.3 is 0 Å². The van der Waals surface area contributed by atoms with Crippen molar-refractivity contribution >= 4 is 0 Å². The quantitative estimate of drug-likeness (QED) is 0.0783. The third-order valence-electron chi connectivity index (χ3n) is 8.89. The number of imidazole rings is 1. The lowest BCUT2D eigenvalue weighted by molar-refractivity contribution is -0.727. The van der Waals surface area contributed by atoms with E-state index < -0.39 is 0 Å². The molecule has 0 aliphatic rings. The van der Waals surface area contributed by atoms with Crippen LogP contribution < -0.4 is 4.57 Å². The van der Waals surface area contributed by atoms with Crippen molar-refractivity contribution in [2.24, 2.45) is 0 Å². The Labute approximate surface area is 240 Å². The molecule has 0 fully saturated rings. The van der Waals surface area contributed by atoms with Crippen LogP contribution in [0.3, 0.4) is 0 Å². The molecule has 38 heavy (non-hydrogen) atoms. The molecule has 1 aromatic heterocycles. The summed E-state index contributed by atoms with van der Waals surface area (Å²) in [6.07, 6.45) is 42.7. The van der Waals surface area contributed by atoms with Gasteiger partial charge in [0.05, 0.1) is 12.0 Å². The summed E-state index contributed by atoms with van der Waals surface area (Å²) in [5.41, 5.74) is 0. The summed E-state index contributed by atoms with van der Waals surface area (Å²) in [7, 11) is 0. The molecule has 1 N–H and O–H groups in total. The van der Waals surface area contributed by atoms with Crippen LogP contribution in [0.1, 0.15) is 219 Å². The molecular formula is C36H71N2+. The highest BCUT2D eigenvalue weighted by Crippen LogP contribution is 2.27. The molecule has 0 aromatic carbocycles. The first-order valence-corrected chi connectivity index (χ1v) is 17.8. The number of nitrogens with one attached hydrogen (secondary N) is 1. The number of hydrogen-bond acceptors (Lipinski definition) is 0. The second kappa shape index (κ2) is 26.4. The van der Waals surface area contributed by atoms with Crippen molar-refractivity contribution in [3.8, 4) is 0 Å². The Bertz CT molecular complexity index is 592. The Morgan fingerprint density at radius 3 is 1.26 bits per heavy atom. The number of aromatic nitrogens is 2. The van der Waals surface area contributed by atoms with Gasteiger partial charge in [0.25, 0.3) is 5.82 Å². The van der Waals surface area contributed by atoms with Crippen LogP contribution >= 0.6 is 0 Å². The Hall–Kier alpha value is -0.790. The Morgan fingerprint density at radius 1 is 0.500 bits per heavy atom. The monoisotopic (exact) mass is 532 g/mol. The molecule has 1 heterocycles. The zero-order chi connectivity index (χ0) is 27.5. The van der Waals surface area contributed by atoms with Gasteiger partial charge in [-0.3, -0.25) is 0 Å². The van der Waals surface area contributed by atoms with E-state index in [-0.39, 0.29) is 0 Å². The fraction of sp³-hybridized carbons (Fsp3) is 0.917. The largest absolute Gasteiger partial charge is 0.257 e. The molecule has 1 aromatic rings. The van der Waals surface area contributed by atoms with E-state index in [1.807, 2.05) is 0 Å². The summed E-state index contributed by atoms with van der Waals surface area (Å²) >= 11 is 0. The summed E-state index contributed by atoms with van der Waals surface area (Å²) < 4.78 is 2.62. The van der Waals surface area contributed by atoms with Crippen LogP contribution in [0, 0.1) is 0 Å². The van der Waals surface area contributed by atoms with Gasteiger partial charge in [-0.15, -0.1) is 0 Å². The zero-order valence-electron chi connectivity index (χ0n) is 26.8. The molecule has 1 rings (SSSR count). The minimum absolute atomic E-state index is 0.622. The van der Waals surface area contributed by atoms with E-state index in [1.165, 1.54) is 179 Å². The van der Waals surface area contributed by atoms with Crippen LogP contribution in [0.4, 0.5) is 0 Å².